The predicted molar refractivity (Wildman–Crippen MR) is 233 cm³/mol. The van der Waals surface area contributed by atoms with Crippen molar-refractivity contribution < 1.29 is 57.5 Å². The van der Waals surface area contributed by atoms with Gasteiger partial charge in [0, 0.05) is 96.7 Å². The molecule has 1 aliphatic rings. The molecule has 0 radical (unpaired) electrons. The van der Waals surface area contributed by atoms with E-state index in [1.165, 1.54) is 50.9 Å². The number of rotatable bonds is 27. The van der Waals surface area contributed by atoms with Crippen LogP contribution >= 0.6 is 22.1 Å². The van der Waals surface area contributed by atoms with E-state index in [0.29, 0.717) is 0 Å². The molecule has 4 rings (SSSR count). The van der Waals surface area contributed by atoms with Crippen LogP contribution < -0.4 is 16.0 Å². The normalized spacial score (nSPS) is 17.0. The largest absolute Gasteiger partial charge is 0.434 e. The highest BCUT2D eigenvalue weighted by Crippen LogP contribution is 2.44. The van der Waals surface area contributed by atoms with Crippen molar-refractivity contribution in [3.63, 3.8) is 0 Å². The molecule has 3 amide bonds. The molecule has 0 saturated carbocycles. The lowest BCUT2D eigenvalue weighted by atomic mass is 10.4. The summed E-state index contributed by atoms with van der Waals surface area (Å²) in [4.78, 5) is 118. The summed E-state index contributed by atoms with van der Waals surface area (Å²) in [6.07, 6.45) is 4.31. The zero-order valence-corrected chi connectivity index (χ0v) is 38.4. The van der Waals surface area contributed by atoms with Gasteiger partial charge in [0.2, 0.25) is 39.8 Å². The molecule has 3 unspecified atom stereocenters. The maximum Gasteiger partial charge on any atom is 0.434 e. The highest BCUT2D eigenvalue weighted by molar-refractivity contribution is 7.58. The van der Waals surface area contributed by atoms with Crippen LogP contribution in [-0.4, -0.2) is 187 Å². The third kappa shape index (κ3) is 18.5. The Hall–Kier alpha value is -5.31. The van der Waals surface area contributed by atoms with Crippen molar-refractivity contribution in [2.45, 2.75) is 38.9 Å². The van der Waals surface area contributed by atoms with Gasteiger partial charge in [0.05, 0.1) is 38.5 Å². The van der Waals surface area contributed by atoms with E-state index in [9.17, 15) is 73.1 Å². The molecule has 33 heteroatoms. The zero-order valence-electron chi connectivity index (χ0n) is 35.8. The topological polar surface area (TPSA) is 392 Å². The minimum Gasteiger partial charge on any atom is -0.390 e. The Morgan fingerprint density at radius 2 is 0.758 bits per heavy atom. The number of hydrogen-bond donors (Lipinski definition) is 6. The van der Waals surface area contributed by atoms with Crippen LogP contribution in [0.15, 0.2) is 37.2 Å². The fourth-order valence-electron chi connectivity index (χ4n) is 6.74. The van der Waals surface area contributed by atoms with Gasteiger partial charge in [-0.05, 0) is 14.8 Å². The summed E-state index contributed by atoms with van der Waals surface area (Å²) in [6.45, 7) is 0.689. The standard InChI is InChI=1S/C33H54N15O15P3/c49-28(34-4-10-43-13-7-37-31(43)46(52)53)1-22-64(58,59)25-40-16-18-41(26-65(60,61)23-2-29(50)35-5-11-44-14-8-38-32(44)47(54)55)20-21-42(19-17-40)27-66(62,63)24-3-30(51)36-6-12-45-15-9-39-33(45)48(56)57/h7-9,13-15H,1-6,10-12,16-27H2,(H,34,49)(H,35,50)(H,36,51)(H,58,59)(H,60,61)(H,62,63). The van der Waals surface area contributed by atoms with E-state index in [4.69, 9.17) is 0 Å². The molecule has 30 nitrogen and oxygen atoms in total. The number of hydrogen-bond acceptors (Lipinski definition) is 18. The Balaban J connectivity index is 1.33. The summed E-state index contributed by atoms with van der Waals surface area (Å²) in [5.74, 6) is -2.95. The second kappa shape index (κ2) is 25.0. The van der Waals surface area contributed by atoms with Crippen molar-refractivity contribution >= 4 is 57.7 Å². The number of imidazole rings is 3. The molecule has 4 heterocycles. The summed E-state index contributed by atoms with van der Waals surface area (Å²) in [5, 5.41) is 40.9. The minimum absolute atomic E-state index is 0.0135. The van der Waals surface area contributed by atoms with Gasteiger partial charge >= 0.3 is 17.8 Å². The summed E-state index contributed by atoms with van der Waals surface area (Å²) < 4.78 is 44.0. The second-order valence-electron chi connectivity index (χ2n) is 15.3. The Morgan fingerprint density at radius 3 is 0.985 bits per heavy atom. The van der Waals surface area contributed by atoms with E-state index in [1.54, 1.807) is 14.7 Å². The van der Waals surface area contributed by atoms with Crippen LogP contribution in [0.4, 0.5) is 17.8 Å². The van der Waals surface area contributed by atoms with Crippen LogP contribution in [0, 0.1) is 30.3 Å². The molecular weight excluding hydrogens is 939 g/mol. The van der Waals surface area contributed by atoms with Gasteiger partial charge in [-0.3, -0.25) is 42.8 Å². The number of nitrogens with one attached hydrogen (secondary N) is 3. The lowest BCUT2D eigenvalue weighted by Gasteiger charge is -2.28. The molecular formula is C33H54N15O15P3. The monoisotopic (exact) mass is 993 g/mol. The van der Waals surface area contributed by atoms with E-state index in [1.807, 2.05) is 0 Å². The summed E-state index contributed by atoms with van der Waals surface area (Å²) >= 11 is 0. The summed E-state index contributed by atoms with van der Waals surface area (Å²) in [6, 6.07) is 0. The van der Waals surface area contributed by atoms with Gasteiger partial charge in [0.1, 0.15) is 37.2 Å². The summed E-state index contributed by atoms with van der Waals surface area (Å²) in [7, 11) is -12.1. The number of nitrogens with zero attached hydrogens (tertiary/aromatic N) is 12. The third-order valence-corrected chi connectivity index (χ3v) is 15.4. The van der Waals surface area contributed by atoms with Crippen LogP contribution in [0.25, 0.3) is 0 Å². The van der Waals surface area contributed by atoms with E-state index in [-0.39, 0.29) is 97.8 Å². The van der Waals surface area contributed by atoms with Crippen LogP contribution in [-0.2, 0) is 47.7 Å². The molecule has 0 bridgehead atoms. The molecule has 0 aromatic carbocycles. The first-order valence-electron chi connectivity index (χ1n) is 20.5. The fraction of sp³-hybridized carbons (Fsp3) is 0.636. The van der Waals surface area contributed by atoms with E-state index in [2.05, 4.69) is 30.9 Å². The molecule has 3 atom stereocenters. The zero-order chi connectivity index (χ0) is 48.5. The Morgan fingerprint density at radius 1 is 0.515 bits per heavy atom. The van der Waals surface area contributed by atoms with Crippen molar-refractivity contribution in [2.24, 2.45) is 0 Å². The lowest BCUT2D eigenvalue weighted by Crippen LogP contribution is -2.37. The Bertz CT molecular complexity index is 2050. The molecule has 3 aromatic rings. The summed E-state index contributed by atoms with van der Waals surface area (Å²) in [5.41, 5.74) is 0. The fourth-order valence-corrected chi connectivity index (χ4v) is 11.5. The van der Waals surface area contributed by atoms with Gasteiger partial charge in [-0.15, -0.1) is 0 Å². The van der Waals surface area contributed by atoms with Crippen LogP contribution in [0.2, 0.25) is 0 Å². The lowest BCUT2D eigenvalue weighted by molar-refractivity contribution is -0.396. The quantitative estimate of drug-likeness (QED) is 0.0319. The predicted octanol–water partition coefficient (Wildman–Crippen LogP) is -0.477. The highest BCUT2D eigenvalue weighted by Gasteiger charge is 2.31. The number of nitro groups is 3. The maximum absolute atomic E-state index is 13.5. The molecule has 366 valence electrons. The highest BCUT2D eigenvalue weighted by atomic mass is 31.2. The van der Waals surface area contributed by atoms with E-state index >= 15 is 0 Å². The number of carbonyl (C=O) groups excluding carboxylic acids is 3. The van der Waals surface area contributed by atoms with Crippen molar-refractivity contribution in [3.05, 3.63) is 67.5 Å². The first-order chi connectivity index (χ1) is 31.1. The SMILES string of the molecule is O=C(CCP(=O)(O)CN1CCN(CP(=O)(O)CCC(=O)NCCn2ccnc2[N+](=O)[O-])CCN(CP(=O)(O)CCC(=O)NCCn2ccnc2[N+](=O)[O-])CC1)NCCn1ccnc1[N+](=O)[O-]. The Labute approximate surface area is 376 Å². The molecule has 1 fully saturated rings. The molecule has 0 aliphatic carbocycles. The van der Waals surface area contributed by atoms with Crippen LogP contribution in [0.1, 0.15) is 19.3 Å². The smallest absolute Gasteiger partial charge is 0.390 e. The number of carbonyl (C=O) groups is 3. The maximum atomic E-state index is 13.5. The van der Waals surface area contributed by atoms with Gasteiger partial charge in [-0.25, -0.2) is 13.7 Å². The number of amides is 3. The minimum atomic E-state index is -4.05. The average Bonchev–Trinajstić information content (AvgIpc) is 4.03. The first-order valence-corrected chi connectivity index (χ1v) is 26.6. The first kappa shape index (κ1) is 53.3. The van der Waals surface area contributed by atoms with E-state index < -0.39 is 110 Å². The van der Waals surface area contributed by atoms with Crippen molar-refractivity contribution in [2.75, 3.05) is 96.2 Å². The van der Waals surface area contributed by atoms with Gasteiger partial charge < -0.3 is 61.0 Å². The molecule has 3 aromatic heterocycles. The van der Waals surface area contributed by atoms with Gasteiger partial charge in [0.25, 0.3) is 0 Å². The Kier molecular flexibility index (Phi) is 20.2. The van der Waals surface area contributed by atoms with Crippen molar-refractivity contribution in [3.8, 4) is 0 Å². The molecule has 1 aliphatic heterocycles. The average molecular weight is 994 g/mol. The molecule has 1 saturated heterocycles. The number of aromatic nitrogens is 6. The second-order valence-corrected chi connectivity index (χ2v) is 22.6. The van der Waals surface area contributed by atoms with Gasteiger partial charge in [-0.1, -0.05) is 15.0 Å². The van der Waals surface area contributed by atoms with Gasteiger partial charge in [0.15, 0.2) is 0 Å². The molecule has 66 heavy (non-hydrogen) atoms. The van der Waals surface area contributed by atoms with Gasteiger partial charge in [-0.2, -0.15) is 0 Å². The van der Waals surface area contributed by atoms with E-state index in [0.717, 1.165) is 0 Å². The van der Waals surface area contributed by atoms with Crippen molar-refractivity contribution in [1.29, 1.82) is 0 Å². The third-order valence-electron chi connectivity index (χ3n) is 10.1. The molecule has 6 N–H and O–H groups in total. The van der Waals surface area contributed by atoms with Crippen LogP contribution in [0.5, 0.6) is 0 Å². The van der Waals surface area contributed by atoms with Crippen LogP contribution in [0.3, 0.4) is 0 Å². The van der Waals surface area contributed by atoms with Crippen molar-refractivity contribution in [1.82, 2.24) is 59.3 Å². The molecule has 0 spiro atoms.